The number of Topliss-reactive ketones (excluding diaryl/α,β-unsaturated/α-hetero) is 1. The summed E-state index contributed by atoms with van der Waals surface area (Å²) < 4.78 is 0. The predicted octanol–water partition coefficient (Wildman–Crippen LogP) is 2.98. The van der Waals surface area contributed by atoms with E-state index in [1.165, 1.54) is 0 Å². The first-order valence-corrected chi connectivity index (χ1v) is 8.93. The van der Waals surface area contributed by atoms with E-state index in [2.05, 4.69) is 0 Å². The van der Waals surface area contributed by atoms with Crippen LogP contribution in [0.2, 0.25) is 0 Å². The van der Waals surface area contributed by atoms with Gasteiger partial charge in [0.25, 0.3) is 0 Å². The van der Waals surface area contributed by atoms with Gasteiger partial charge in [0.05, 0.1) is 5.92 Å². The zero-order valence-corrected chi connectivity index (χ0v) is 14.9. The van der Waals surface area contributed by atoms with E-state index >= 15 is 0 Å². The molecule has 1 aromatic carbocycles. The van der Waals surface area contributed by atoms with E-state index < -0.39 is 5.97 Å². The van der Waals surface area contributed by atoms with Gasteiger partial charge in [-0.1, -0.05) is 17.7 Å². The van der Waals surface area contributed by atoms with Gasteiger partial charge in [0.15, 0.2) is 5.78 Å². The molecule has 1 unspecified atom stereocenters. The topological polar surface area (TPSA) is 74.7 Å². The molecule has 0 bridgehead atoms. The van der Waals surface area contributed by atoms with Crippen LogP contribution in [-0.4, -0.2) is 40.8 Å². The Balaban J connectivity index is 1.50. The summed E-state index contributed by atoms with van der Waals surface area (Å²) in [6, 6.07) is 5.79. The number of likely N-dealkylation sites (tertiary alicyclic amines) is 1. The lowest BCUT2D eigenvalue weighted by molar-refractivity contribution is -0.139. The number of ketones is 1. The quantitative estimate of drug-likeness (QED) is 0.834. The summed E-state index contributed by atoms with van der Waals surface area (Å²) in [5.41, 5.74) is 2.61. The molecule has 5 heteroatoms. The van der Waals surface area contributed by atoms with Gasteiger partial charge in [0.2, 0.25) is 5.91 Å². The molecular weight excluding hydrogens is 318 g/mol. The van der Waals surface area contributed by atoms with Crippen molar-refractivity contribution >= 4 is 17.7 Å². The van der Waals surface area contributed by atoms with Gasteiger partial charge in [-0.3, -0.25) is 14.4 Å². The number of aryl methyl sites for hydroxylation is 2. The van der Waals surface area contributed by atoms with Crippen molar-refractivity contribution < 1.29 is 19.5 Å². The standard InChI is InChI=1S/C20H25NO4/c1-13-3-4-14(2)15(11-13)17(22)5-6-18(23)21-9-7-20(8-10-21)12-16(20)19(24)25/h3-4,11,16H,5-10,12H2,1-2H3,(H,24,25). The second-order valence-corrected chi connectivity index (χ2v) is 7.58. The summed E-state index contributed by atoms with van der Waals surface area (Å²) in [6.07, 6.45) is 2.72. The Kier molecular flexibility index (Phi) is 4.67. The fourth-order valence-electron chi connectivity index (χ4n) is 4.00. The van der Waals surface area contributed by atoms with Crippen molar-refractivity contribution in [2.24, 2.45) is 11.3 Å². The van der Waals surface area contributed by atoms with Gasteiger partial charge in [0, 0.05) is 31.5 Å². The fraction of sp³-hybridized carbons (Fsp3) is 0.550. The van der Waals surface area contributed by atoms with Crippen LogP contribution < -0.4 is 0 Å². The van der Waals surface area contributed by atoms with Crippen LogP contribution in [-0.2, 0) is 9.59 Å². The maximum absolute atomic E-state index is 12.4. The zero-order valence-electron chi connectivity index (χ0n) is 14.9. The van der Waals surface area contributed by atoms with Crippen molar-refractivity contribution in [3.63, 3.8) is 0 Å². The van der Waals surface area contributed by atoms with E-state index in [0.717, 1.165) is 30.4 Å². The van der Waals surface area contributed by atoms with E-state index in [-0.39, 0.29) is 35.9 Å². The minimum Gasteiger partial charge on any atom is -0.481 e. The SMILES string of the molecule is Cc1ccc(C)c(C(=O)CCC(=O)N2CCC3(CC2)CC3C(=O)O)c1. The molecule has 1 saturated heterocycles. The van der Waals surface area contributed by atoms with Crippen molar-refractivity contribution in [3.05, 3.63) is 34.9 Å². The average molecular weight is 343 g/mol. The molecule has 1 atom stereocenters. The minimum absolute atomic E-state index is 0.000955. The van der Waals surface area contributed by atoms with E-state index in [4.69, 9.17) is 5.11 Å². The van der Waals surface area contributed by atoms with Crippen LogP contribution >= 0.6 is 0 Å². The molecule has 5 nitrogen and oxygen atoms in total. The van der Waals surface area contributed by atoms with Crippen LogP contribution in [0.15, 0.2) is 18.2 Å². The van der Waals surface area contributed by atoms with Gasteiger partial charge in [0.1, 0.15) is 0 Å². The Labute approximate surface area is 148 Å². The first-order chi connectivity index (χ1) is 11.8. The highest BCUT2D eigenvalue weighted by Crippen LogP contribution is 2.59. The Morgan fingerprint density at radius 2 is 1.84 bits per heavy atom. The molecule has 2 fully saturated rings. The number of benzene rings is 1. The average Bonchev–Trinajstić information content (AvgIpc) is 3.29. The molecule has 1 heterocycles. The molecule has 0 aromatic heterocycles. The van der Waals surface area contributed by atoms with Gasteiger partial charge in [-0.15, -0.1) is 0 Å². The highest BCUT2D eigenvalue weighted by atomic mass is 16.4. The molecular formula is C20H25NO4. The van der Waals surface area contributed by atoms with Crippen LogP contribution in [0, 0.1) is 25.2 Å². The molecule has 1 aliphatic heterocycles. The number of carbonyl (C=O) groups is 3. The summed E-state index contributed by atoms with van der Waals surface area (Å²) in [7, 11) is 0. The third kappa shape index (κ3) is 3.60. The minimum atomic E-state index is -0.709. The molecule has 1 saturated carbocycles. The molecule has 1 aromatic rings. The third-order valence-corrected chi connectivity index (χ3v) is 5.86. The van der Waals surface area contributed by atoms with Crippen molar-refractivity contribution in [1.82, 2.24) is 4.90 Å². The lowest BCUT2D eigenvalue weighted by Crippen LogP contribution is -2.40. The Morgan fingerprint density at radius 1 is 1.16 bits per heavy atom. The lowest BCUT2D eigenvalue weighted by Gasteiger charge is -2.32. The normalized spacial score (nSPS) is 21.2. The fourth-order valence-corrected chi connectivity index (χ4v) is 4.00. The molecule has 25 heavy (non-hydrogen) atoms. The Morgan fingerprint density at radius 3 is 2.44 bits per heavy atom. The summed E-state index contributed by atoms with van der Waals surface area (Å²) in [6.45, 7) is 5.08. The van der Waals surface area contributed by atoms with Crippen LogP contribution in [0.1, 0.15) is 53.6 Å². The van der Waals surface area contributed by atoms with Crippen LogP contribution in [0.3, 0.4) is 0 Å². The summed E-state index contributed by atoms with van der Waals surface area (Å²) in [5, 5.41) is 9.12. The molecule has 2 aliphatic rings. The maximum Gasteiger partial charge on any atom is 0.307 e. The zero-order chi connectivity index (χ0) is 18.2. The number of aliphatic carboxylic acids is 1. The van der Waals surface area contributed by atoms with E-state index in [1.54, 1.807) is 4.90 Å². The molecule has 1 spiro atoms. The molecule has 0 radical (unpaired) electrons. The second kappa shape index (κ2) is 6.62. The Bertz CT molecular complexity index is 716. The monoisotopic (exact) mass is 343 g/mol. The van der Waals surface area contributed by atoms with Crippen LogP contribution in [0.25, 0.3) is 0 Å². The summed E-state index contributed by atoms with van der Waals surface area (Å²) in [4.78, 5) is 37.7. The highest BCUT2D eigenvalue weighted by molar-refractivity contribution is 5.99. The number of hydrogen-bond acceptors (Lipinski definition) is 3. The van der Waals surface area contributed by atoms with Crippen LogP contribution in [0.4, 0.5) is 0 Å². The Hall–Kier alpha value is -2.17. The second-order valence-electron chi connectivity index (χ2n) is 7.58. The number of nitrogens with zero attached hydrogens (tertiary/aromatic N) is 1. The van der Waals surface area contributed by atoms with E-state index in [0.29, 0.717) is 18.7 Å². The first kappa shape index (κ1) is 17.6. The molecule has 1 aliphatic carbocycles. The smallest absolute Gasteiger partial charge is 0.307 e. The number of hydrogen-bond donors (Lipinski definition) is 1. The molecule has 3 rings (SSSR count). The van der Waals surface area contributed by atoms with Crippen molar-refractivity contribution in [2.45, 2.75) is 46.0 Å². The summed E-state index contributed by atoms with van der Waals surface area (Å²) >= 11 is 0. The maximum atomic E-state index is 12.4. The van der Waals surface area contributed by atoms with Gasteiger partial charge in [-0.25, -0.2) is 0 Å². The number of carbonyl (C=O) groups excluding carboxylic acids is 2. The third-order valence-electron chi connectivity index (χ3n) is 5.86. The van der Waals surface area contributed by atoms with Gasteiger partial charge >= 0.3 is 5.97 Å². The number of amides is 1. The number of carboxylic acid groups (broad SMARTS) is 1. The van der Waals surface area contributed by atoms with Crippen molar-refractivity contribution in [3.8, 4) is 0 Å². The van der Waals surface area contributed by atoms with Crippen LogP contribution in [0.5, 0.6) is 0 Å². The van der Waals surface area contributed by atoms with Gasteiger partial charge in [-0.05, 0) is 50.2 Å². The lowest BCUT2D eigenvalue weighted by atomic mass is 9.90. The summed E-state index contributed by atoms with van der Waals surface area (Å²) in [5.74, 6) is -0.924. The van der Waals surface area contributed by atoms with Crippen molar-refractivity contribution in [2.75, 3.05) is 13.1 Å². The van der Waals surface area contributed by atoms with Gasteiger partial charge < -0.3 is 10.0 Å². The van der Waals surface area contributed by atoms with Gasteiger partial charge in [-0.2, -0.15) is 0 Å². The molecule has 1 amide bonds. The van der Waals surface area contributed by atoms with E-state index in [1.807, 2.05) is 32.0 Å². The first-order valence-electron chi connectivity index (χ1n) is 8.93. The number of rotatable bonds is 5. The van der Waals surface area contributed by atoms with Crippen molar-refractivity contribution in [1.29, 1.82) is 0 Å². The van der Waals surface area contributed by atoms with E-state index in [9.17, 15) is 14.4 Å². The number of piperidine rings is 1. The predicted molar refractivity (Wildman–Crippen MR) is 93.5 cm³/mol. The molecule has 1 N–H and O–H groups in total. The molecule has 134 valence electrons. The largest absolute Gasteiger partial charge is 0.481 e. The highest BCUT2D eigenvalue weighted by Gasteiger charge is 2.59. The number of carboxylic acids is 1.